The number of benzene rings is 1. The number of amides is 1. The second-order valence-corrected chi connectivity index (χ2v) is 5.44. The summed E-state index contributed by atoms with van der Waals surface area (Å²) in [7, 11) is 0. The lowest BCUT2D eigenvalue weighted by atomic mass is 10.3. The molecule has 1 aromatic heterocycles. The van der Waals surface area contributed by atoms with Crippen molar-refractivity contribution in [2.24, 2.45) is 0 Å². The van der Waals surface area contributed by atoms with Crippen molar-refractivity contribution in [3.05, 3.63) is 36.7 Å². The Morgan fingerprint density at radius 3 is 2.75 bits per heavy atom. The van der Waals surface area contributed by atoms with E-state index in [-0.39, 0.29) is 0 Å². The van der Waals surface area contributed by atoms with E-state index in [1.54, 1.807) is 11.2 Å². The summed E-state index contributed by atoms with van der Waals surface area (Å²) in [6.45, 7) is 5.52. The van der Waals surface area contributed by atoms with Gasteiger partial charge in [0.1, 0.15) is 23.7 Å². The van der Waals surface area contributed by atoms with Crippen molar-refractivity contribution in [1.82, 2.24) is 14.9 Å². The number of hydrogen-bond donors (Lipinski definition) is 1. The Kier molecular flexibility index (Phi) is 5.10. The van der Waals surface area contributed by atoms with Crippen molar-refractivity contribution in [1.29, 1.82) is 0 Å². The summed E-state index contributed by atoms with van der Waals surface area (Å²) in [5.74, 6) is 2.36. The summed E-state index contributed by atoms with van der Waals surface area (Å²) in [5.41, 5.74) is 0.870. The topological polar surface area (TPSA) is 70.6 Å². The lowest BCUT2D eigenvalue weighted by molar-refractivity contribution is -0.118. The van der Waals surface area contributed by atoms with Gasteiger partial charge in [0.15, 0.2) is 0 Å². The Morgan fingerprint density at radius 1 is 1.21 bits per heavy atom. The maximum absolute atomic E-state index is 10.8. The molecule has 1 N–H and O–H groups in total. The number of carbonyl (C=O) groups excluding carboxylic acids is 1. The summed E-state index contributed by atoms with van der Waals surface area (Å²) in [6, 6.07) is 9.68. The molecule has 2 heterocycles. The van der Waals surface area contributed by atoms with Crippen LogP contribution in [0.15, 0.2) is 36.7 Å². The van der Waals surface area contributed by atoms with Crippen molar-refractivity contribution in [3.8, 4) is 5.75 Å². The Bertz CT molecular complexity index is 686. The van der Waals surface area contributed by atoms with Crippen LogP contribution >= 0.6 is 0 Å². The van der Waals surface area contributed by atoms with Crippen LogP contribution in [-0.4, -0.2) is 54.1 Å². The zero-order valence-corrected chi connectivity index (χ0v) is 13.7. The number of nitrogens with one attached hydrogen (secondary N) is 1. The molecule has 1 amide bonds. The summed E-state index contributed by atoms with van der Waals surface area (Å²) in [5, 5.41) is 3.29. The van der Waals surface area contributed by atoms with E-state index in [1.807, 2.05) is 37.3 Å². The predicted molar refractivity (Wildman–Crippen MR) is 92.8 cm³/mol. The number of piperazine rings is 1. The molecule has 1 aromatic carbocycles. The highest BCUT2D eigenvalue weighted by molar-refractivity contribution is 5.65. The van der Waals surface area contributed by atoms with Crippen LogP contribution in [0.25, 0.3) is 0 Å². The molecule has 0 unspecified atom stereocenters. The molecular formula is C17H21N5O2. The predicted octanol–water partition coefficient (Wildman–Crippen LogP) is 1.90. The highest BCUT2D eigenvalue weighted by atomic mass is 16.5. The average Bonchev–Trinajstić information content (AvgIpc) is 2.64. The Hall–Kier alpha value is -2.83. The maximum Gasteiger partial charge on any atom is 0.209 e. The molecule has 0 spiro atoms. The highest BCUT2D eigenvalue weighted by Gasteiger charge is 2.17. The van der Waals surface area contributed by atoms with Crippen molar-refractivity contribution >= 4 is 23.7 Å². The molecule has 126 valence electrons. The van der Waals surface area contributed by atoms with Gasteiger partial charge in [0.05, 0.1) is 12.3 Å². The van der Waals surface area contributed by atoms with Crippen LogP contribution in [0.1, 0.15) is 6.92 Å². The Morgan fingerprint density at radius 2 is 2.00 bits per heavy atom. The fourth-order valence-corrected chi connectivity index (χ4v) is 2.63. The molecule has 7 heteroatoms. The van der Waals surface area contributed by atoms with E-state index in [2.05, 4.69) is 20.2 Å². The van der Waals surface area contributed by atoms with Gasteiger partial charge in [-0.2, -0.15) is 0 Å². The molecular weight excluding hydrogens is 306 g/mol. The van der Waals surface area contributed by atoms with Gasteiger partial charge in [0.25, 0.3) is 0 Å². The van der Waals surface area contributed by atoms with Gasteiger partial charge in [0.2, 0.25) is 6.41 Å². The second-order valence-electron chi connectivity index (χ2n) is 5.44. The molecule has 1 aliphatic rings. The first-order valence-corrected chi connectivity index (χ1v) is 8.05. The Balaban J connectivity index is 1.73. The lowest BCUT2D eigenvalue weighted by Crippen LogP contribution is -2.46. The minimum atomic E-state index is 0.606. The van der Waals surface area contributed by atoms with Crippen LogP contribution in [-0.2, 0) is 4.79 Å². The van der Waals surface area contributed by atoms with E-state index in [0.717, 1.165) is 36.8 Å². The smallest absolute Gasteiger partial charge is 0.209 e. The van der Waals surface area contributed by atoms with Gasteiger partial charge in [-0.3, -0.25) is 4.79 Å². The maximum atomic E-state index is 10.8. The number of hydrogen-bond acceptors (Lipinski definition) is 6. The SMILES string of the molecule is CCOc1ccccc1Nc1cc(N2CCN(C=O)CC2)ncn1. The van der Waals surface area contributed by atoms with Crippen LogP contribution in [0.4, 0.5) is 17.3 Å². The quantitative estimate of drug-likeness (QED) is 0.817. The van der Waals surface area contributed by atoms with E-state index in [1.165, 1.54) is 0 Å². The molecule has 1 saturated heterocycles. The highest BCUT2D eigenvalue weighted by Crippen LogP contribution is 2.27. The molecule has 1 aliphatic heterocycles. The third kappa shape index (κ3) is 3.73. The third-order valence-electron chi connectivity index (χ3n) is 3.89. The second kappa shape index (κ2) is 7.63. The summed E-state index contributed by atoms with van der Waals surface area (Å²) in [6.07, 6.45) is 2.45. The van der Waals surface area contributed by atoms with Crippen LogP contribution in [0, 0.1) is 0 Å². The van der Waals surface area contributed by atoms with E-state index in [0.29, 0.717) is 25.5 Å². The number of anilines is 3. The molecule has 7 nitrogen and oxygen atoms in total. The first-order valence-electron chi connectivity index (χ1n) is 8.05. The average molecular weight is 327 g/mol. The van der Waals surface area contributed by atoms with E-state index >= 15 is 0 Å². The molecule has 0 saturated carbocycles. The minimum absolute atomic E-state index is 0.606. The largest absolute Gasteiger partial charge is 0.492 e. The van der Waals surface area contributed by atoms with E-state index in [9.17, 15) is 4.79 Å². The standard InChI is InChI=1S/C17H21N5O2/c1-2-24-15-6-4-3-5-14(15)20-16-11-17(19-12-18-16)22-9-7-21(13-23)8-10-22/h3-6,11-13H,2,7-10H2,1H3,(H,18,19,20). The third-order valence-corrected chi connectivity index (χ3v) is 3.89. The summed E-state index contributed by atoms with van der Waals surface area (Å²) in [4.78, 5) is 23.4. The van der Waals surface area contributed by atoms with Crippen LogP contribution < -0.4 is 15.0 Å². The van der Waals surface area contributed by atoms with E-state index in [4.69, 9.17) is 4.74 Å². The zero-order valence-electron chi connectivity index (χ0n) is 13.7. The number of rotatable bonds is 6. The molecule has 0 aliphatic carbocycles. The Labute approximate surface area is 141 Å². The monoisotopic (exact) mass is 327 g/mol. The molecule has 3 rings (SSSR count). The van der Waals surface area contributed by atoms with Crippen LogP contribution in [0.2, 0.25) is 0 Å². The number of aromatic nitrogens is 2. The molecule has 0 radical (unpaired) electrons. The number of nitrogens with zero attached hydrogens (tertiary/aromatic N) is 4. The number of ether oxygens (including phenoxy) is 1. The molecule has 0 bridgehead atoms. The van der Waals surface area contributed by atoms with E-state index < -0.39 is 0 Å². The van der Waals surface area contributed by atoms with Gasteiger partial charge < -0.3 is 19.9 Å². The lowest BCUT2D eigenvalue weighted by Gasteiger charge is -2.33. The summed E-state index contributed by atoms with van der Waals surface area (Å²) >= 11 is 0. The van der Waals surface area contributed by atoms with Crippen molar-refractivity contribution in [2.45, 2.75) is 6.92 Å². The van der Waals surface area contributed by atoms with Gasteiger partial charge in [-0.25, -0.2) is 9.97 Å². The van der Waals surface area contributed by atoms with Crippen molar-refractivity contribution in [3.63, 3.8) is 0 Å². The van der Waals surface area contributed by atoms with Crippen molar-refractivity contribution < 1.29 is 9.53 Å². The van der Waals surface area contributed by atoms with Gasteiger partial charge in [-0.1, -0.05) is 12.1 Å². The van der Waals surface area contributed by atoms with Gasteiger partial charge in [0, 0.05) is 32.2 Å². The molecule has 1 fully saturated rings. The van der Waals surface area contributed by atoms with Gasteiger partial charge in [-0.15, -0.1) is 0 Å². The zero-order chi connectivity index (χ0) is 16.8. The molecule has 2 aromatic rings. The molecule has 24 heavy (non-hydrogen) atoms. The minimum Gasteiger partial charge on any atom is -0.492 e. The number of para-hydroxylation sites is 2. The fourth-order valence-electron chi connectivity index (χ4n) is 2.63. The first-order chi connectivity index (χ1) is 11.8. The fraction of sp³-hybridized carbons (Fsp3) is 0.353. The normalized spacial score (nSPS) is 14.4. The number of carbonyl (C=O) groups is 1. The van der Waals surface area contributed by atoms with Crippen LogP contribution in [0.5, 0.6) is 5.75 Å². The molecule has 0 atom stereocenters. The van der Waals surface area contributed by atoms with Gasteiger partial charge >= 0.3 is 0 Å². The van der Waals surface area contributed by atoms with Gasteiger partial charge in [-0.05, 0) is 19.1 Å². The van der Waals surface area contributed by atoms with Crippen molar-refractivity contribution in [2.75, 3.05) is 43.0 Å². The first kappa shape index (κ1) is 16.0. The summed E-state index contributed by atoms with van der Waals surface area (Å²) < 4.78 is 5.63. The van der Waals surface area contributed by atoms with Crippen LogP contribution in [0.3, 0.4) is 0 Å².